The smallest absolute Gasteiger partial charge is 0.238 e. The Morgan fingerprint density at radius 2 is 1.76 bits per heavy atom. The zero-order chi connectivity index (χ0) is 20.8. The second kappa shape index (κ2) is 9.43. The van der Waals surface area contributed by atoms with E-state index in [1.165, 1.54) is 6.92 Å². The maximum atomic E-state index is 12.7. The molecule has 0 radical (unpaired) electrons. The summed E-state index contributed by atoms with van der Waals surface area (Å²) in [7, 11) is 3.19. The highest BCUT2D eigenvalue weighted by molar-refractivity contribution is 5.95. The van der Waals surface area contributed by atoms with Crippen molar-refractivity contribution in [1.29, 1.82) is 0 Å². The number of methoxy groups -OCH3 is 2. The molecule has 1 fully saturated rings. The molecule has 29 heavy (non-hydrogen) atoms. The van der Waals surface area contributed by atoms with Gasteiger partial charge < -0.3 is 20.1 Å². The third-order valence-electron chi connectivity index (χ3n) is 4.75. The van der Waals surface area contributed by atoms with Gasteiger partial charge in [0.1, 0.15) is 11.5 Å². The summed E-state index contributed by atoms with van der Waals surface area (Å²) in [6.45, 7) is 2.42. The van der Waals surface area contributed by atoms with Gasteiger partial charge in [0.05, 0.1) is 26.5 Å². The van der Waals surface area contributed by atoms with Crippen LogP contribution >= 0.6 is 0 Å². The fraction of sp³-hybridized carbons (Fsp3) is 0.364. The Morgan fingerprint density at radius 1 is 1.03 bits per heavy atom. The molecular formula is C22H27N3O4. The van der Waals surface area contributed by atoms with Crippen molar-refractivity contribution in [2.24, 2.45) is 0 Å². The van der Waals surface area contributed by atoms with Gasteiger partial charge in [0.2, 0.25) is 11.8 Å². The van der Waals surface area contributed by atoms with E-state index in [1.54, 1.807) is 32.4 Å². The summed E-state index contributed by atoms with van der Waals surface area (Å²) in [6, 6.07) is 13.5. The number of hydrogen-bond donors (Lipinski definition) is 2. The molecule has 2 N–H and O–H groups in total. The SMILES string of the molecule is COc1ccc(CN(CC(=O)Nc2cc(NC(C)=O)ccc2OC)C2CC2)cc1. The molecular weight excluding hydrogens is 370 g/mol. The highest BCUT2D eigenvalue weighted by Gasteiger charge is 2.30. The average Bonchev–Trinajstić information content (AvgIpc) is 3.53. The Balaban J connectivity index is 1.66. The summed E-state index contributed by atoms with van der Waals surface area (Å²) in [6.07, 6.45) is 2.20. The van der Waals surface area contributed by atoms with Crippen molar-refractivity contribution in [3.63, 3.8) is 0 Å². The summed E-state index contributed by atoms with van der Waals surface area (Å²) < 4.78 is 10.5. The summed E-state index contributed by atoms with van der Waals surface area (Å²) in [5.74, 6) is 1.06. The Hall–Kier alpha value is -3.06. The number of rotatable bonds is 9. The van der Waals surface area contributed by atoms with E-state index in [0.29, 0.717) is 29.7 Å². The lowest BCUT2D eigenvalue weighted by molar-refractivity contribution is -0.117. The van der Waals surface area contributed by atoms with Gasteiger partial charge in [-0.3, -0.25) is 14.5 Å². The quantitative estimate of drug-likeness (QED) is 0.679. The molecule has 2 aromatic carbocycles. The molecule has 1 aliphatic rings. The lowest BCUT2D eigenvalue weighted by Gasteiger charge is -2.22. The Morgan fingerprint density at radius 3 is 2.34 bits per heavy atom. The van der Waals surface area contributed by atoms with Gasteiger partial charge in [-0.15, -0.1) is 0 Å². The van der Waals surface area contributed by atoms with Gasteiger partial charge in [0.15, 0.2) is 0 Å². The van der Waals surface area contributed by atoms with E-state index in [9.17, 15) is 9.59 Å². The minimum atomic E-state index is -0.174. The van der Waals surface area contributed by atoms with Crippen LogP contribution in [0.1, 0.15) is 25.3 Å². The monoisotopic (exact) mass is 397 g/mol. The molecule has 1 aliphatic carbocycles. The topological polar surface area (TPSA) is 79.9 Å². The van der Waals surface area contributed by atoms with Crippen molar-refractivity contribution in [1.82, 2.24) is 4.90 Å². The second-order valence-corrected chi connectivity index (χ2v) is 7.13. The Bertz CT molecular complexity index is 863. The summed E-state index contributed by atoms with van der Waals surface area (Å²) in [5.41, 5.74) is 2.27. The number of nitrogens with zero attached hydrogens (tertiary/aromatic N) is 1. The van der Waals surface area contributed by atoms with Crippen LogP contribution in [0.3, 0.4) is 0 Å². The number of hydrogen-bond acceptors (Lipinski definition) is 5. The largest absolute Gasteiger partial charge is 0.497 e. The molecule has 0 saturated heterocycles. The van der Waals surface area contributed by atoms with Gasteiger partial charge in [-0.2, -0.15) is 0 Å². The molecule has 0 unspecified atom stereocenters. The van der Waals surface area contributed by atoms with Crippen LogP contribution in [0, 0.1) is 0 Å². The number of ether oxygens (including phenoxy) is 2. The Kier molecular flexibility index (Phi) is 6.72. The van der Waals surface area contributed by atoms with Gasteiger partial charge >= 0.3 is 0 Å². The lowest BCUT2D eigenvalue weighted by Crippen LogP contribution is -2.34. The number of benzene rings is 2. The van der Waals surface area contributed by atoms with Crippen LogP contribution in [0.25, 0.3) is 0 Å². The van der Waals surface area contributed by atoms with E-state index in [2.05, 4.69) is 15.5 Å². The number of carbonyl (C=O) groups excluding carboxylic acids is 2. The van der Waals surface area contributed by atoms with E-state index in [0.717, 1.165) is 24.2 Å². The molecule has 0 aliphatic heterocycles. The van der Waals surface area contributed by atoms with Crippen LogP contribution in [-0.2, 0) is 16.1 Å². The third-order valence-corrected chi connectivity index (χ3v) is 4.75. The molecule has 0 aromatic heterocycles. The van der Waals surface area contributed by atoms with Crippen molar-refractivity contribution in [3.8, 4) is 11.5 Å². The van der Waals surface area contributed by atoms with Crippen molar-refractivity contribution < 1.29 is 19.1 Å². The fourth-order valence-corrected chi connectivity index (χ4v) is 3.18. The van der Waals surface area contributed by atoms with E-state index in [-0.39, 0.29) is 18.4 Å². The van der Waals surface area contributed by atoms with Crippen molar-refractivity contribution in [3.05, 3.63) is 48.0 Å². The van der Waals surface area contributed by atoms with Crippen molar-refractivity contribution >= 4 is 23.2 Å². The molecule has 2 aromatic rings. The molecule has 3 rings (SSSR count). The summed E-state index contributed by atoms with van der Waals surface area (Å²) >= 11 is 0. The van der Waals surface area contributed by atoms with Crippen LogP contribution in [0.4, 0.5) is 11.4 Å². The van der Waals surface area contributed by atoms with Crippen LogP contribution in [0.15, 0.2) is 42.5 Å². The van der Waals surface area contributed by atoms with Crippen LogP contribution in [-0.4, -0.2) is 43.5 Å². The van der Waals surface area contributed by atoms with Gasteiger partial charge in [0.25, 0.3) is 0 Å². The molecule has 0 spiro atoms. The molecule has 2 amide bonds. The molecule has 0 bridgehead atoms. The zero-order valence-corrected chi connectivity index (χ0v) is 17.0. The maximum absolute atomic E-state index is 12.7. The van der Waals surface area contributed by atoms with Gasteiger partial charge in [-0.05, 0) is 48.7 Å². The lowest BCUT2D eigenvalue weighted by atomic mass is 10.2. The number of nitrogens with one attached hydrogen (secondary N) is 2. The number of amides is 2. The molecule has 0 atom stereocenters. The standard InChI is InChI=1S/C22H27N3O4/c1-15(26)23-17-6-11-21(29-3)20(12-17)24-22(27)14-25(18-7-8-18)13-16-4-9-19(28-2)10-5-16/h4-6,9-12,18H,7-8,13-14H2,1-3H3,(H,23,26)(H,24,27). The summed E-state index contributed by atoms with van der Waals surface area (Å²) in [4.78, 5) is 26.2. The minimum Gasteiger partial charge on any atom is -0.497 e. The van der Waals surface area contributed by atoms with Gasteiger partial charge in [-0.1, -0.05) is 12.1 Å². The van der Waals surface area contributed by atoms with E-state index < -0.39 is 0 Å². The van der Waals surface area contributed by atoms with E-state index >= 15 is 0 Å². The first-order chi connectivity index (χ1) is 14.0. The van der Waals surface area contributed by atoms with E-state index in [1.807, 2.05) is 24.3 Å². The number of anilines is 2. The third kappa shape index (κ3) is 5.96. The summed E-state index contributed by atoms with van der Waals surface area (Å²) in [5, 5.41) is 5.63. The normalized spacial score (nSPS) is 13.1. The molecule has 1 saturated carbocycles. The van der Waals surface area contributed by atoms with Gasteiger partial charge in [-0.25, -0.2) is 0 Å². The van der Waals surface area contributed by atoms with E-state index in [4.69, 9.17) is 9.47 Å². The van der Waals surface area contributed by atoms with Gasteiger partial charge in [0, 0.05) is 25.2 Å². The number of carbonyl (C=O) groups is 2. The average molecular weight is 397 g/mol. The van der Waals surface area contributed by atoms with Crippen molar-refractivity contribution in [2.75, 3.05) is 31.4 Å². The molecule has 7 nitrogen and oxygen atoms in total. The van der Waals surface area contributed by atoms with Crippen LogP contribution < -0.4 is 20.1 Å². The maximum Gasteiger partial charge on any atom is 0.238 e. The fourth-order valence-electron chi connectivity index (χ4n) is 3.18. The minimum absolute atomic E-state index is 0.122. The first-order valence-corrected chi connectivity index (χ1v) is 9.61. The first-order valence-electron chi connectivity index (χ1n) is 9.61. The Labute approximate surface area is 171 Å². The molecule has 7 heteroatoms. The molecule has 154 valence electrons. The molecule has 0 heterocycles. The van der Waals surface area contributed by atoms with Crippen LogP contribution in [0.2, 0.25) is 0 Å². The van der Waals surface area contributed by atoms with Crippen molar-refractivity contribution in [2.45, 2.75) is 32.4 Å². The van der Waals surface area contributed by atoms with Crippen LogP contribution in [0.5, 0.6) is 11.5 Å². The first kappa shape index (κ1) is 20.7. The predicted octanol–water partition coefficient (Wildman–Crippen LogP) is 3.27. The second-order valence-electron chi connectivity index (χ2n) is 7.13. The highest BCUT2D eigenvalue weighted by atomic mass is 16.5. The highest BCUT2D eigenvalue weighted by Crippen LogP contribution is 2.30. The zero-order valence-electron chi connectivity index (χ0n) is 17.0. The predicted molar refractivity (Wildman–Crippen MR) is 112 cm³/mol.